The second kappa shape index (κ2) is 10.6. The van der Waals surface area contributed by atoms with Crippen molar-refractivity contribution in [3.8, 4) is 0 Å². The molecule has 0 fully saturated rings. The van der Waals surface area contributed by atoms with E-state index in [0.29, 0.717) is 12.3 Å². The van der Waals surface area contributed by atoms with Crippen molar-refractivity contribution in [2.45, 2.75) is 77.7 Å². The molecule has 0 aromatic heterocycles. The third kappa shape index (κ3) is 11.7. The number of rotatable bonds is 11. The molecule has 0 bridgehead atoms. The summed E-state index contributed by atoms with van der Waals surface area (Å²) in [7, 11) is 0. The fourth-order valence-electron chi connectivity index (χ4n) is 2.02. The van der Waals surface area contributed by atoms with E-state index < -0.39 is 12.1 Å². The van der Waals surface area contributed by atoms with Gasteiger partial charge in [-0.15, -0.1) is 0 Å². The lowest BCUT2D eigenvalue weighted by Crippen LogP contribution is -2.14. The van der Waals surface area contributed by atoms with E-state index in [9.17, 15) is 9.90 Å². The minimum absolute atomic E-state index is 0.122. The second-order valence-corrected chi connectivity index (χ2v) is 5.14. The third-order valence-corrected chi connectivity index (χ3v) is 3.20. The van der Waals surface area contributed by atoms with E-state index in [4.69, 9.17) is 5.11 Å². The molecular formula is C14H28O3. The van der Waals surface area contributed by atoms with Gasteiger partial charge in [-0.05, 0) is 18.8 Å². The van der Waals surface area contributed by atoms with Crippen LogP contribution in [-0.4, -0.2) is 22.3 Å². The number of aliphatic hydroxyl groups excluding tert-OH is 1. The highest BCUT2D eigenvalue weighted by Gasteiger charge is 2.11. The Morgan fingerprint density at radius 1 is 1.06 bits per heavy atom. The van der Waals surface area contributed by atoms with Crippen molar-refractivity contribution < 1.29 is 15.0 Å². The van der Waals surface area contributed by atoms with Crippen molar-refractivity contribution >= 4 is 5.97 Å². The molecule has 0 aliphatic rings. The summed E-state index contributed by atoms with van der Waals surface area (Å²) in [6.45, 7) is 4.40. The number of carboxylic acids is 1. The van der Waals surface area contributed by atoms with Gasteiger partial charge in [-0.25, -0.2) is 0 Å². The van der Waals surface area contributed by atoms with Gasteiger partial charge >= 0.3 is 5.97 Å². The van der Waals surface area contributed by atoms with Crippen molar-refractivity contribution in [3.63, 3.8) is 0 Å². The maximum atomic E-state index is 10.4. The van der Waals surface area contributed by atoms with Crippen LogP contribution in [0.1, 0.15) is 71.6 Å². The van der Waals surface area contributed by atoms with Crippen molar-refractivity contribution in [1.29, 1.82) is 0 Å². The molecule has 0 heterocycles. The predicted molar refractivity (Wildman–Crippen MR) is 70.0 cm³/mol. The zero-order valence-corrected chi connectivity index (χ0v) is 11.3. The van der Waals surface area contributed by atoms with Gasteiger partial charge in [-0.2, -0.15) is 0 Å². The molecule has 0 spiro atoms. The molecule has 0 aromatic carbocycles. The SMILES string of the molecule is CCCCCCCC(C)CCC(O)CC(=O)O. The number of carbonyl (C=O) groups is 1. The molecule has 2 unspecified atom stereocenters. The van der Waals surface area contributed by atoms with Gasteiger partial charge in [-0.1, -0.05) is 52.4 Å². The molecule has 102 valence electrons. The standard InChI is InChI=1S/C14H28O3/c1-3-4-5-6-7-8-12(2)9-10-13(15)11-14(16)17/h12-13,15H,3-11H2,1-2H3,(H,16,17). The molecule has 0 radical (unpaired) electrons. The van der Waals surface area contributed by atoms with Crippen LogP contribution >= 0.6 is 0 Å². The summed E-state index contributed by atoms with van der Waals surface area (Å²) in [6.07, 6.45) is 8.44. The van der Waals surface area contributed by atoms with Crippen LogP contribution in [-0.2, 0) is 4.79 Å². The van der Waals surface area contributed by atoms with Crippen molar-refractivity contribution in [3.05, 3.63) is 0 Å². The van der Waals surface area contributed by atoms with E-state index in [1.807, 2.05) is 0 Å². The quantitative estimate of drug-likeness (QED) is 0.546. The molecule has 2 N–H and O–H groups in total. The summed E-state index contributed by atoms with van der Waals surface area (Å²) >= 11 is 0. The van der Waals surface area contributed by atoms with Gasteiger partial charge < -0.3 is 10.2 Å². The van der Waals surface area contributed by atoms with E-state index in [0.717, 1.165) is 6.42 Å². The van der Waals surface area contributed by atoms with Crippen LogP contribution in [0.15, 0.2) is 0 Å². The molecule has 0 rings (SSSR count). The van der Waals surface area contributed by atoms with Crippen LogP contribution < -0.4 is 0 Å². The first-order valence-corrected chi connectivity index (χ1v) is 6.96. The van der Waals surface area contributed by atoms with Crippen LogP contribution in [0, 0.1) is 5.92 Å². The Kier molecular flexibility index (Phi) is 10.2. The number of carboxylic acid groups (broad SMARTS) is 1. The molecule has 0 saturated heterocycles. The van der Waals surface area contributed by atoms with Crippen LogP contribution in [0.3, 0.4) is 0 Å². The maximum Gasteiger partial charge on any atom is 0.305 e. The Hall–Kier alpha value is -0.570. The number of hydrogen-bond acceptors (Lipinski definition) is 2. The second-order valence-electron chi connectivity index (χ2n) is 5.14. The van der Waals surface area contributed by atoms with E-state index in [-0.39, 0.29) is 6.42 Å². The Labute approximate surface area is 105 Å². The van der Waals surface area contributed by atoms with Crippen molar-refractivity contribution in [2.75, 3.05) is 0 Å². The lowest BCUT2D eigenvalue weighted by molar-refractivity contribution is -0.139. The first-order chi connectivity index (χ1) is 8.06. The first kappa shape index (κ1) is 16.4. The smallest absolute Gasteiger partial charge is 0.305 e. The molecule has 0 amide bonds. The number of unbranched alkanes of at least 4 members (excludes halogenated alkanes) is 4. The summed E-state index contributed by atoms with van der Waals surface area (Å²) < 4.78 is 0. The lowest BCUT2D eigenvalue weighted by atomic mass is 9.95. The first-order valence-electron chi connectivity index (χ1n) is 6.96. The molecule has 17 heavy (non-hydrogen) atoms. The molecule has 3 heteroatoms. The van der Waals surface area contributed by atoms with E-state index in [1.54, 1.807) is 0 Å². The van der Waals surface area contributed by atoms with Gasteiger partial charge in [0.05, 0.1) is 12.5 Å². The predicted octanol–water partition coefficient (Wildman–Crippen LogP) is 3.60. The molecular weight excluding hydrogens is 216 g/mol. The average molecular weight is 244 g/mol. The van der Waals surface area contributed by atoms with Gasteiger partial charge in [0.15, 0.2) is 0 Å². The molecule has 0 saturated carbocycles. The zero-order valence-electron chi connectivity index (χ0n) is 11.3. The Bertz CT molecular complexity index is 192. The number of hydrogen-bond donors (Lipinski definition) is 2. The van der Waals surface area contributed by atoms with Crippen molar-refractivity contribution in [2.24, 2.45) is 5.92 Å². The zero-order chi connectivity index (χ0) is 13.1. The summed E-state index contributed by atoms with van der Waals surface area (Å²) in [5, 5.41) is 17.9. The monoisotopic (exact) mass is 244 g/mol. The van der Waals surface area contributed by atoms with E-state index in [1.165, 1.54) is 38.5 Å². The highest BCUT2D eigenvalue weighted by molar-refractivity contribution is 5.67. The fourth-order valence-corrected chi connectivity index (χ4v) is 2.02. The highest BCUT2D eigenvalue weighted by atomic mass is 16.4. The Balaban J connectivity index is 3.39. The molecule has 2 atom stereocenters. The molecule has 0 aliphatic heterocycles. The minimum atomic E-state index is -0.912. The average Bonchev–Trinajstić information content (AvgIpc) is 2.25. The van der Waals surface area contributed by atoms with Crippen LogP contribution in [0.2, 0.25) is 0 Å². The van der Waals surface area contributed by atoms with Gasteiger partial charge in [0.1, 0.15) is 0 Å². The van der Waals surface area contributed by atoms with E-state index >= 15 is 0 Å². The van der Waals surface area contributed by atoms with Crippen LogP contribution in [0.5, 0.6) is 0 Å². The number of aliphatic hydroxyl groups is 1. The van der Waals surface area contributed by atoms with Crippen LogP contribution in [0.4, 0.5) is 0 Å². The van der Waals surface area contributed by atoms with Gasteiger partial charge in [0.2, 0.25) is 0 Å². The largest absolute Gasteiger partial charge is 0.481 e. The highest BCUT2D eigenvalue weighted by Crippen LogP contribution is 2.17. The molecule has 0 aromatic rings. The summed E-state index contributed by atoms with van der Waals surface area (Å²) in [5.74, 6) is -0.315. The third-order valence-electron chi connectivity index (χ3n) is 3.20. The molecule has 3 nitrogen and oxygen atoms in total. The summed E-state index contributed by atoms with van der Waals surface area (Å²) in [5.41, 5.74) is 0. The minimum Gasteiger partial charge on any atom is -0.481 e. The normalized spacial score (nSPS) is 14.5. The Morgan fingerprint density at radius 2 is 1.71 bits per heavy atom. The maximum absolute atomic E-state index is 10.4. The van der Waals surface area contributed by atoms with Gasteiger partial charge in [-0.3, -0.25) is 4.79 Å². The number of aliphatic carboxylic acids is 1. The van der Waals surface area contributed by atoms with E-state index in [2.05, 4.69) is 13.8 Å². The lowest BCUT2D eigenvalue weighted by Gasteiger charge is -2.13. The van der Waals surface area contributed by atoms with Gasteiger partial charge in [0.25, 0.3) is 0 Å². The Morgan fingerprint density at radius 3 is 2.29 bits per heavy atom. The van der Waals surface area contributed by atoms with Gasteiger partial charge in [0, 0.05) is 0 Å². The molecule has 0 aliphatic carbocycles. The van der Waals surface area contributed by atoms with Crippen molar-refractivity contribution in [1.82, 2.24) is 0 Å². The summed E-state index contributed by atoms with van der Waals surface area (Å²) in [6, 6.07) is 0. The topological polar surface area (TPSA) is 57.5 Å². The van der Waals surface area contributed by atoms with Crippen LogP contribution in [0.25, 0.3) is 0 Å². The fraction of sp³-hybridized carbons (Fsp3) is 0.929. The summed E-state index contributed by atoms with van der Waals surface area (Å²) in [4.78, 5) is 10.4.